The summed E-state index contributed by atoms with van der Waals surface area (Å²) in [4.78, 5) is 16.6. The topological polar surface area (TPSA) is 42.0 Å². The summed E-state index contributed by atoms with van der Waals surface area (Å²) in [5.41, 5.74) is 1.41. The second kappa shape index (κ2) is 7.44. The number of carbonyl (C=O) groups excluding carboxylic acids is 1. The Labute approximate surface area is 154 Å². The minimum absolute atomic E-state index is 0.0164. The highest BCUT2D eigenvalue weighted by molar-refractivity contribution is 7.80. The van der Waals surface area contributed by atoms with Gasteiger partial charge in [-0.25, -0.2) is 0 Å². The Kier molecular flexibility index (Phi) is 5.27. The van der Waals surface area contributed by atoms with Gasteiger partial charge in [-0.1, -0.05) is 19.3 Å². The van der Waals surface area contributed by atoms with Gasteiger partial charge in [0.05, 0.1) is 14.2 Å². The summed E-state index contributed by atoms with van der Waals surface area (Å²) >= 11 is 5.55. The van der Waals surface area contributed by atoms with E-state index in [1.807, 2.05) is 31.3 Å². The van der Waals surface area contributed by atoms with Crippen molar-refractivity contribution in [3.05, 3.63) is 29.5 Å². The number of thiocarbonyl (C=S) groups is 1. The number of amides is 1. The lowest BCUT2D eigenvalue weighted by atomic mass is 9.94. The molecule has 1 aliphatic carbocycles. The molecular formula is C19H24N2O3S. The van der Waals surface area contributed by atoms with E-state index < -0.39 is 0 Å². The van der Waals surface area contributed by atoms with Crippen LogP contribution in [-0.2, 0) is 4.79 Å². The fourth-order valence-electron chi connectivity index (χ4n) is 3.52. The second-order valence-corrected chi connectivity index (χ2v) is 6.81. The van der Waals surface area contributed by atoms with E-state index in [0.717, 1.165) is 31.2 Å². The highest BCUT2D eigenvalue weighted by atomic mass is 32.1. The molecule has 1 heterocycles. The zero-order valence-electron chi connectivity index (χ0n) is 14.9. The maximum atomic E-state index is 13.0. The van der Waals surface area contributed by atoms with E-state index >= 15 is 0 Å². The average molecular weight is 360 g/mol. The van der Waals surface area contributed by atoms with E-state index in [4.69, 9.17) is 21.7 Å². The van der Waals surface area contributed by atoms with Gasteiger partial charge in [0.15, 0.2) is 5.11 Å². The molecule has 0 atom stereocenters. The second-order valence-electron chi connectivity index (χ2n) is 6.45. The van der Waals surface area contributed by atoms with Crippen molar-refractivity contribution >= 4 is 29.3 Å². The van der Waals surface area contributed by atoms with Crippen molar-refractivity contribution in [3.63, 3.8) is 0 Å². The van der Waals surface area contributed by atoms with Crippen LogP contribution >= 0.6 is 12.2 Å². The van der Waals surface area contributed by atoms with Gasteiger partial charge in [-0.05, 0) is 43.3 Å². The molecule has 25 heavy (non-hydrogen) atoms. The number of ether oxygens (including phenoxy) is 2. The lowest BCUT2D eigenvalue weighted by Gasteiger charge is -2.30. The lowest BCUT2D eigenvalue weighted by Crippen LogP contribution is -2.41. The van der Waals surface area contributed by atoms with Crippen molar-refractivity contribution in [1.82, 2.24) is 9.80 Å². The molecule has 2 aliphatic rings. The highest BCUT2D eigenvalue weighted by Crippen LogP contribution is 2.32. The van der Waals surface area contributed by atoms with Gasteiger partial charge in [-0.15, -0.1) is 0 Å². The monoisotopic (exact) mass is 360 g/mol. The Morgan fingerprint density at radius 1 is 1.16 bits per heavy atom. The van der Waals surface area contributed by atoms with Gasteiger partial charge in [0.1, 0.15) is 17.2 Å². The molecule has 1 aliphatic heterocycles. The van der Waals surface area contributed by atoms with Crippen molar-refractivity contribution < 1.29 is 14.3 Å². The Morgan fingerprint density at radius 2 is 1.88 bits per heavy atom. The first-order valence-corrected chi connectivity index (χ1v) is 9.02. The van der Waals surface area contributed by atoms with Crippen LogP contribution in [0.3, 0.4) is 0 Å². The van der Waals surface area contributed by atoms with Crippen LogP contribution in [0.5, 0.6) is 11.5 Å². The van der Waals surface area contributed by atoms with Gasteiger partial charge in [0.25, 0.3) is 5.91 Å². The number of benzene rings is 1. The fraction of sp³-hybridized carbons (Fsp3) is 0.474. The third kappa shape index (κ3) is 3.35. The smallest absolute Gasteiger partial charge is 0.277 e. The van der Waals surface area contributed by atoms with Gasteiger partial charge in [-0.3, -0.25) is 9.69 Å². The first-order chi connectivity index (χ1) is 12.1. The van der Waals surface area contributed by atoms with Crippen LogP contribution in [0, 0.1) is 0 Å². The van der Waals surface area contributed by atoms with Crippen LogP contribution in [0.4, 0.5) is 0 Å². The molecule has 1 saturated heterocycles. The van der Waals surface area contributed by atoms with Crippen molar-refractivity contribution in [2.24, 2.45) is 0 Å². The van der Waals surface area contributed by atoms with Gasteiger partial charge >= 0.3 is 0 Å². The van der Waals surface area contributed by atoms with Crippen molar-refractivity contribution in [2.45, 2.75) is 38.1 Å². The zero-order valence-corrected chi connectivity index (χ0v) is 15.8. The van der Waals surface area contributed by atoms with Crippen molar-refractivity contribution in [2.75, 3.05) is 21.3 Å². The minimum atomic E-state index is -0.0164. The van der Waals surface area contributed by atoms with Gasteiger partial charge in [0.2, 0.25) is 0 Å². The number of hydrogen-bond donors (Lipinski definition) is 0. The predicted molar refractivity (Wildman–Crippen MR) is 102 cm³/mol. The number of rotatable bonds is 4. The molecule has 1 aromatic rings. The molecule has 1 amide bonds. The number of likely N-dealkylation sites (N-methyl/N-ethyl adjacent to an activating group) is 1. The molecule has 0 spiro atoms. The molecule has 6 heteroatoms. The minimum Gasteiger partial charge on any atom is -0.497 e. The third-order valence-corrected chi connectivity index (χ3v) is 5.44. The quantitative estimate of drug-likeness (QED) is 0.608. The molecule has 5 nitrogen and oxygen atoms in total. The van der Waals surface area contributed by atoms with E-state index in [0.29, 0.717) is 22.3 Å². The van der Waals surface area contributed by atoms with E-state index in [2.05, 4.69) is 0 Å². The van der Waals surface area contributed by atoms with E-state index in [1.165, 1.54) is 6.42 Å². The number of carbonyl (C=O) groups is 1. The summed E-state index contributed by atoms with van der Waals surface area (Å²) in [5, 5.41) is 0.593. The summed E-state index contributed by atoms with van der Waals surface area (Å²) in [6.07, 6.45) is 7.46. The molecule has 1 aromatic carbocycles. The lowest BCUT2D eigenvalue weighted by molar-refractivity contribution is -0.124. The van der Waals surface area contributed by atoms with Crippen LogP contribution in [0.2, 0.25) is 0 Å². The number of hydrogen-bond acceptors (Lipinski definition) is 4. The molecule has 0 N–H and O–H groups in total. The number of nitrogens with zero attached hydrogens (tertiary/aromatic N) is 2. The summed E-state index contributed by atoms with van der Waals surface area (Å²) in [6.45, 7) is 0. The molecule has 0 bridgehead atoms. The van der Waals surface area contributed by atoms with Gasteiger partial charge in [0, 0.05) is 24.7 Å². The Bertz CT molecular complexity index is 711. The third-order valence-electron chi connectivity index (χ3n) is 4.96. The van der Waals surface area contributed by atoms with Crippen molar-refractivity contribution in [1.29, 1.82) is 0 Å². The van der Waals surface area contributed by atoms with Crippen LogP contribution in [0.1, 0.15) is 37.7 Å². The Morgan fingerprint density at radius 3 is 2.52 bits per heavy atom. The molecule has 2 fully saturated rings. The molecule has 3 rings (SSSR count). The van der Waals surface area contributed by atoms with Gasteiger partial charge in [-0.2, -0.15) is 0 Å². The SMILES string of the molecule is COc1ccc(C=C2C(=O)N(C3CCCCC3)C(=S)N2C)c(OC)c1. The maximum absolute atomic E-state index is 13.0. The van der Waals surface area contributed by atoms with E-state index in [9.17, 15) is 4.79 Å². The molecular weight excluding hydrogens is 336 g/mol. The molecule has 1 saturated carbocycles. The molecule has 0 radical (unpaired) electrons. The van der Waals surface area contributed by atoms with E-state index in [1.54, 1.807) is 24.0 Å². The summed E-state index contributed by atoms with van der Waals surface area (Å²) in [5.74, 6) is 1.36. The molecule has 0 unspecified atom stereocenters. The molecule has 0 aromatic heterocycles. The standard InChI is InChI=1S/C19H24N2O3S/c1-20-16(11-13-9-10-15(23-2)12-17(13)24-3)18(22)21(19(20)25)14-7-5-4-6-8-14/h9-12,14H,4-8H2,1-3H3. The van der Waals surface area contributed by atoms with Crippen LogP contribution < -0.4 is 9.47 Å². The number of methoxy groups -OCH3 is 2. The average Bonchev–Trinajstić information content (AvgIpc) is 2.86. The summed E-state index contributed by atoms with van der Waals surface area (Å²) < 4.78 is 10.7. The largest absolute Gasteiger partial charge is 0.497 e. The fourth-order valence-corrected chi connectivity index (χ4v) is 3.85. The van der Waals surface area contributed by atoms with Crippen molar-refractivity contribution in [3.8, 4) is 11.5 Å². The first-order valence-electron chi connectivity index (χ1n) is 8.61. The van der Waals surface area contributed by atoms with E-state index in [-0.39, 0.29) is 11.9 Å². The van der Waals surface area contributed by atoms with Gasteiger partial charge < -0.3 is 14.4 Å². The van der Waals surface area contributed by atoms with Crippen LogP contribution in [0.15, 0.2) is 23.9 Å². The summed E-state index contributed by atoms with van der Waals surface area (Å²) in [6, 6.07) is 5.77. The Hall–Kier alpha value is -2.08. The van der Waals surface area contributed by atoms with Crippen LogP contribution in [0.25, 0.3) is 6.08 Å². The maximum Gasteiger partial charge on any atom is 0.277 e. The highest BCUT2D eigenvalue weighted by Gasteiger charge is 2.40. The van der Waals surface area contributed by atoms with Crippen LogP contribution in [-0.4, -0.2) is 48.1 Å². The normalized spacial score (nSPS) is 20.5. The Balaban J connectivity index is 1.92. The zero-order chi connectivity index (χ0) is 18.0. The summed E-state index contributed by atoms with van der Waals surface area (Å²) in [7, 11) is 5.07. The molecule has 134 valence electrons. The predicted octanol–water partition coefficient (Wildman–Crippen LogP) is 3.44. The first kappa shape index (κ1) is 17.7.